The van der Waals surface area contributed by atoms with E-state index in [0.29, 0.717) is 13.0 Å². The van der Waals surface area contributed by atoms with Gasteiger partial charge in [-0.1, -0.05) is 6.07 Å². The topological polar surface area (TPSA) is 45.2 Å². The predicted molar refractivity (Wildman–Crippen MR) is 70.7 cm³/mol. The van der Waals surface area contributed by atoms with Crippen molar-refractivity contribution in [3.05, 3.63) is 23.9 Å². The molecule has 21 heavy (non-hydrogen) atoms. The molecule has 3 heterocycles. The van der Waals surface area contributed by atoms with E-state index in [9.17, 15) is 18.0 Å². The maximum atomic E-state index is 12.7. The summed E-state index contributed by atoms with van der Waals surface area (Å²) in [6.45, 7) is 2.10. The molecule has 2 saturated heterocycles. The van der Waals surface area contributed by atoms with E-state index in [1.165, 1.54) is 17.0 Å². The standard InChI is InChI=1S/C14H16F3N3O/c15-14(16,17)10-3-1-4-11(19-10)20-9-13(7-12(20)21)5-2-6-18-8-13/h1,3-4,18H,2,5-9H2. The van der Waals surface area contributed by atoms with E-state index in [2.05, 4.69) is 10.3 Å². The molecule has 1 spiro atoms. The third-order valence-electron chi connectivity index (χ3n) is 4.18. The molecule has 0 radical (unpaired) electrons. The lowest BCUT2D eigenvalue weighted by atomic mass is 9.80. The summed E-state index contributed by atoms with van der Waals surface area (Å²) >= 11 is 0. The maximum absolute atomic E-state index is 12.7. The van der Waals surface area contributed by atoms with Crippen LogP contribution >= 0.6 is 0 Å². The van der Waals surface area contributed by atoms with Crippen molar-refractivity contribution in [2.75, 3.05) is 24.5 Å². The number of nitrogens with zero attached hydrogens (tertiary/aromatic N) is 2. The summed E-state index contributed by atoms with van der Waals surface area (Å²) in [6, 6.07) is 3.67. The minimum atomic E-state index is -4.50. The van der Waals surface area contributed by atoms with Crippen LogP contribution in [-0.2, 0) is 11.0 Å². The van der Waals surface area contributed by atoms with Crippen molar-refractivity contribution in [3.63, 3.8) is 0 Å². The second-order valence-electron chi connectivity index (χ2n) is 5.82. The van der Waals surface area contributed by atoms with Crippen LogP contribution in [0, 0.1) is 5.41 Å². The van der Waals surface area contributed by atoms with E-state index in [1.807, 2.05) is 0 Å². The van der Waals surface area contributed by atoms with Crippen LogP contribution in [0.3, 0.4) is 0 Å². The maximum Gasteiger partial charge on any atom is 0.433 e. The number of aromatic nitrogens is 1. The number of amides is 1. The molecule has 114 valence electrons. The smallest absolute Gasteiger partial charge is 0.316 e. The molecule has 0 saturated carbocycles. The summed E-state index contributed by atoms with van der Waals surface area (Å²) in [5.41, 5.74) is -1.12. The Bertz CT molecular complexity index is 553. The van der Waals surface area contributed by atoms with Crippen LogP contribution in [0.5, 0.6) is 0 Å². The molecule has 1 atom stereocenters. The van der Waals surface area contributed by atoms with Crippen molar-refractivity contribution in [2.45, 2.75) is 25.4 Å². The summed E-state index contributed by atoms with van der Waals surface area (Å²) < 4.78 is 38.2. The summed E-state index contributed by atoms with van der Waals surface area (Å²) in [5.74, 6) is -0.0530. The molecule has 0 aromatic carbocycles. The monoisotopic (exact) mass is 299 g/mol. The lowest BCUT2D eigenvalue weighted by molar-refractivity contribution is -0.141. The third kappa shape index (κ3) is 2.74. The average molecular weight is 299 g/mol. The highest BCUT2D eigenvalue weighted by Crippen LogP contribution is 2.39. The minimum absolute atomic E-state index is 0.0947. The molecular weight excluding hydrogens is 283 g/mol. The van der Waals surface area contributed by atoms with Crippen LogP contribution in [0.15, 0.2) is 18.2 Å². The van der Waals surface area contributed by atoms with Crippen molar-refractivity contribution >= 4 is 11.7 Å². The molecule has 1 amide bonds. The minimum Gasteiger partial charge on any atom is -0.316 e. The quantitative estimate of drug-likeness (QED) is 0.865. The van der Waals surface area contributed by atoms with Gasteiger partial charge in [-0.15, -0.1) is 0 Å². The van der Waals surface area contributed by atoms with Crippen LogP contribution in [0.25, 0.3) is 0 Å². The van der Waals surface area contributed by atoms with Gasteiger partial charge in [0.1, 0.15) is 11.5 Å². The van der Waals surface area contributed by atoms with Gasteiger partial charge in [0.15, 0.2) is 0 Å². The SMILES string of the molecule is O=C1CC2(CCCNC2)CN1c1cccc(C(F)(F)F)n1. The van der Waals surface area contributed by atoms with Crippen molar-refractivity contribution in [2.24, 2.45) is 5.41 Å². The van der Waals surface area contributed by atoms with Gasteiger partial charge in [-0.3, -0.25) is 9.69 Å². The fourth-order valence-corrected chi connectivity index (χ4v) is 3.15. The van der Waals surface area contributed by atoms with Crippen LogP contribution in [-0.4, -0.2) is 30.5 Å². The highest BCUT2D eigenvalue weighted by Gasteiger charge is 2.45. The van der Waals surface area contributed by atoms with Crippen molar-refractivity contribution in [3.8, 4) is 0 Å². The van der Waals surface area contributed by atoms with Gasteiger partial charge in [-0.05, 0) is 31.5 Å². The van der Waals surface area contributed by atoms with E-state index in [-0.39, 0.29) is 17.1 Å². The lowest BCUT2D eigenvalue weighted by Gasteiger charge is -2.33. The first kappa shape index (κ1) is 14.3. The molecule has 3 rings (SSSR count). The Labute approximate surface area is 120 Å². The van der Waals surface area contributed by atoms with Gasteiger partial charge < -0.3 is 5.32 Å². The third-order valence-corrected chi connectivity index (χ3v) is 4.18. The second-order valence-corrected chi connectivity index (χ2v) is 5.82. The Hall–Kier alpha value is -1.63. The van der Waals surface area contributed by atoms with Gasteiger partial charge in [0.2, 0.25) is 5.91 Å². The summed E-state index contributed by atoms with van der Waals surface area (Å²) in [7, 11) is 0. The van der Waals surface area contributed by atoms with Gasteiger partial charge in [0, 0.05) is 24.9 Å². The number of rotatable bonds is 1. The van der Waals surface area contributed by atoms with Gasteiger partial charge in [0.05, 0.1) is 0 Å². The molecule has 2 aliphatic rings. The van der Waals surface area contributed by atoms with Crippen molar-refractivity contribution < 1.29 is 18.0 Å². The number of hydrogen-bond donors (Lipinski definition) is 1. The van der Waals surface area contributed by atoms with Crippen LogP contribution in [0.2, 0.25) is 0 Å². The highest BCUT2D eigenvalue weighted by atomic mass is 19.4. The summed E-state index contributed by atoms with van der Waals surface area (Å²) in [4.78, 5) is 17.2. The molecule has 1 aromatic heterocycles. The Morgan fingerprint density at radius 1 is 1.33 bits per heavy atom. The number of nitrogens with one attached hydrogen (secondary N) is 1. The molecule has 4 nitrogen and oxygen atoms in total. The molecule has 1 aromatic rings. The van der Waals surface area contributed by atoms with E-state index < -0.39 is 11.9 Å². The second kappa shape index (κ2) is 4.98. The van der Waals surface area contributed by atoms with Gasteiger partial charge in [-0.25, -0.2) is 4.98 Å². The van der Waals surface area contributed by atoms with Crippen LogP contribution in [0.4, 0.5) is 19.0 Å². The molecule has 2 fully saturated rings. The number of alkyl halides is 3. The predicted octanol–water partition coefficient (Wildman–Crippen LogP) is 2.21. The highest BCUT2D eigenvalue weighted by molar-refractivity contribution is 5.95. The molecule has 1 N–H and O–H groups in total. The Balaban J connectivity index is 1.86. The molecule has 0 aliphatic carbocycles. The number of halogens is 3. The van der Waals surface area contributed by atoms with Crippen molar-refractivity contribution in [1.29, 1.82) is 0 Å². The van der Waals surface area contributed by atoms with Gasteiger partial charge in [-0.2, -0.15) is 13.2 Å². The molecule has 1 unspecified atom stereocenters. The number of carbonyl (C=O) groups excluding carboxylic acids is 1. The zero-order valence-corrected chi connectivity index (χ0v) is 11.4. The summed E-state index contributed by atoms with van der Waals surface area (Å²) in [6.07, 6.45) is -2.22. The van der Waals surface area contributed by atoms with E-state index in [4.69, 9.17) is 0 Å². The first-order chi connectivity index (χ1) is 9.90. The molecule has 2 aliphatic heterocycles. The van der Waals surface area contributed by atoms with Crippen LogP contribution in [0.1, 0.15) is 25.0 Å². The molecule has 0 bridgehead atoms. The van der Waals surface area contributed by atoms with Crippen LogP contribution < -0.4 is 10.2 Å². The van der Waals surface area contributed by atoms with Gasteiger partial charge >= 0.3 is 6.18 Å². The zero-order chi connectivity index (χ0) is 15.1. The number of piperidine rings is 1. The molecule has 7 heteroatoms. The Morgan fingerprint density at radius 2 is 2.14 bits per heavy atom. The number of hydrogen-bond acceptors (Lipinski definition) is 3. The first-order valence-electron chi connectivity index (χ1n) is 6.95. The van der Waals surface area contributed by atoms with Gasteiger partial charge in [0.25, 0.3) is 0 Å². The zero-order valence-electron chi connectivity index (χ0n) is 11.4. The summed E-state index contributed by atoms with van der Waals surface area (Å²) in [5, 5.41) is 3.27. The van der Waals surface area contributed by atoms with Crippen molar-refractivity contribution in [1.82, 2.24) is 10.3 Å². The normalized spacial score (nSPS) is 26.6. The fourth-order valence-electron chi connectivity index (χ4n) is 3.15. The van der Waals surface area contributed by atoms with E-state index in [1.54, 1.807) is 0 Å². The van der Waals surface area contributed by atoms with E-state index in [0.717, 1.165) is 32.0 Å². The fraction of sp³-hybridized carbons (Fsp3) is 0.571. The average Bonchev–Trinajstić information content (AvgIpc) is 2.75. The first-order valence-corrected chi connectivity index (χ1v) is 6.95. The largest absolute Gasteiger partial charge is 0.433 e. The van der Waals surface area contributed by atoms with E-state index >= 15 is 0 Å². The number of pyridine rings is 1. The lowest BCUT2D eigenvalue weighted by Crippen LogP contribution is -2.42. The number of carbonyl (C=O) groups is 1. The number of anilines is 1. The molecular formula is C14H16F3N3O. The Morgan fingerprint density at radius 3 is 2.81 bits per heavy atom. The Kier molecular flexibility index (Phi) is 3.39.